The Morgan fingerprint density at radius 2 is 2.04 bits per heavy atom. The molecular weight excluding hydrogens is 394 g/mol. The molecule has 0 unspecified atom stereocenters. The lowest BCUT2D eigenvalue weighted by Crippen LogP contribution is -2.27. The van der Waals surface area contributed by atoms with Crippen molar-refractivity contribution < 1.29 is 13.3 Å². The van der Waals surface area contributed by atoms with E-state index in [9.17, 15) is 8.78 Å². The minimum Gasteiger partial charge on any atom is -0.337 e. The van der Waals surface area contributed by atoms with Crippen molar-refractivity contribution >= 4 is 15.9 Å². The van der Waals surface area contributed by atoms with Crippen LogP contribution in [0.1, 0.15) is 43.0 Å². The normalized spacial score (nSPS) is 16.4. The summed E-state index contributed by atoms with van der Waals surface area (Å²) in [6, 6.07) is 3.69. The highest BCUT2D eigenvalue weighted by Gasteiger charge is 2.43. The third kappa shape index (κ3) is 2.99. The first kappa shape index (κ1) is 16.4. The molecule has 0 bridgehead atoms. The van der Waals surface area contributed by atoms with Crippen LogP contribution >= 0.6 is 15.9 Å². The molecule has 1 aromatic carbocycles. The quantitative estimate of drug-likeness (QED) is 0.648. The Labute approximate surface area is 151 Å². The maximum Gasteiger partial charge on any atom is 0.248 e. The van der Waals surface area contributed by atoms with E-state index in [1.165, 1.54) is 12.1 Å². The van der Waals surface area contributed by atoms with E-state index < -0.39 is 17.0 Å². The highest BCUT2D eigenvalue weighted by molar-refractivity contribution is 9.10. The highest BCUT2D eigenvalue weighted by Crippen LogP contribution is 2.46. The van der Waals surface area contributed by atoms with Crippen molar-refractivity contribution in [1.29, 1.82) is 0 Å². The lowest BCUT2D eigenvalue weighted by molar-refractivity contribution is 0.348. The molecule has 1 saturated carbocycles. The van der Waals surface area contributed by atoms with Crippen LogP contribution in [0.25, 0.3) is 0 Å². The van der Waals surface area contributed by atoms with Crippen molar-refractivity contribution in [2.45, 2.75) is 37.6 Å². The first-order chi connectivity index (χ1) is 12.1. The average molecular weight is 409 g/mol. The van der Waals surface area contributed by atoms with E-state index >= 15 is 0 Å². The van der Waals surface area contributed by atoms with E-state index in [4.69, 9.17) is 4.52 Å². The standard InChI is InChI=1S/C17H15BrF2N4O/c18-11-8-21-24(9-11)10-15-22-16(23-25-15)17(5-1-2-6-17)13-4-3-12(19)7-14(13)20/h3-4,7-9H,1-2,5-6,10H2. The number of aromatic nitrogens is 4. The van der Waals surface area contributed by atoms with Gasteiger partial charge in [0.15, 0.2) is 5.82 Å². The fourth-order valence-electron chi connectivity index (χ4n) is 3.55. The van der Waals surface area contributed by atoms with Gasteiger partial charge in [0.2, 0.25) is 5.89 Å². The highest BCUT2D eigenvalue weighted by atomic mass is 79.9. The summed E-state index contributed by atoms with van der Waals surface area (Å²) < 4.78 is 35.6. The van der Waals surface area contributed by atoms with Gasteiger partial charge in [0.25, 0.3) is 0 Å². The molecule has 2 heterocycles. The molecule has 25 heavy (non-hydrogen) atoms. The molecule has 0 saturated heterocycles. The molecule has 0 atom stereocenters. The second-order valence-corrected chi connectivity index (χ2v) is 7.20. The summed E-state index contributed by atoms with van der Waals surface area (Å²) in [5, 5.41) is 8.27. The molecule has 0 N–H and O–H groups in total. The molecule has 8 heteroatoms. The van der Waals surface area contributed by atoms with Crippen LogP contribution in [0.3, 0.4) is 0 Å². The molecule has 0 spiro atoms. The first-order valence-electron chi connectivity index (χ1n) is 8.03. The molecule has 4 rings (SSSR count). The lowest BCUT2D eigenvalue weighted by atomic mass is 9.78. The number of halogens is 3. The maximum absolute atomic E-state index is 14.4. The Kier molecular flexibility index (Phi) is 4.15. The Morgan fingerprint density at radius 1 is 1.24 bits per heavy atom. The summed E-state index contributed by atoms with van der Waals surface area (Å²) in [6.45, 7) is 0.334. The van der Waals surface area contributed by atoms with Gasteiger partial charge < -0.3 is 4.52 Å². The summed E-state index contributed by atoms with van der Waals surface area (Å²) >= 11 is 3.34. The summed E-state index contributed by atoms with van der Waals surface area (Å²) in [4.78, 5) is 4.49. The summed E-state index contributed by atoms with van der Waals surface area (Å²) in [5.74, 6) is -0.298. The number of nitrogens with zero attached hydrogens (tertiary/aromatic N) is 4. The van der Waals surface area contributed by atoms with Crippen molar-refractivity contribution in [3.8, 4) is 0 Å². The molecule has 0 amide bonds. The minimum atomic E-state index is -0.662. The van der Waals surface area contributed by atoms with Crippen molar-refractivity contribution in [3.63, 3.8) is 0 Å². The Morgan fingerprint density at radius 3 is 2.72 bits per heavy atom. The molecule has 1 aliphatic carbocycles. The second kappa shape index (κ2) is 6.33. The van der Waals surface area contributed by atoms with E-state index in [1.807, 2.05) is 0 Å². The smallest absolute Gasteiger partial charge is 0.248 e. The van der Waals surface area contributed by atoms with E-state index in [-0.39, 0.29) is 0 Å². The predicted molar refractivity (Wildman–Crippen MR) is 88.9 cm³/mol. The van der Waals surface area contributed by atoms with Gasteiger partial charge in [-0.05, 0) is 34.8 Å². The van der Waals surface area contributed by atoms with Gasteiger partial charge in [-0.3, -0.25) is 4.68 Å². The van der Waals surface area contributed by atoms with Crippen molar-refractivity contribution in [2.24, 2.45) is 0 Å². The number of benzene rings is 1. The number of rotatable bonds is 4. The van der Waals surface area contributed by atoms with Gasteiger partial charge in [-0.15, -0.1) is 0 Å². The molecule has 5 nitrogen and oxygen atoms in total. The zero-order chi connectivity index (χ0) is 17.4. The van der Waals surface area contributed by atoms with Gasteiger partial charge in [0.1, 0.15) is 18.2 Å². The maximum atomic E-state index is 14.4. The van der Waals surface area contributed by atoms with Crippen LogP contribution in [-0.4, -0.2) is 19.9 Å². The largest absolute Gasteiger partial charge is 0.337 e. The van der Waals surface area contributed by atoms with Crippen molar-refractivity contribution in [1.82, 2.24) is 19.9 Å². The van der Waals surface area contributed by atoms with E-state index in [0.717, 1.165) is 23.4 Å². The monoisotopic (exact) mass is 408 g/mol. The third-order valence-corrected chi connectivity index (χ3v) is 5.11. The molecule has 1 fully saturated rings. The second-order valence-electron chi connectivity index (χ2n) is 6.28. The summed E-state index contributed by atoms with van der Waals surface area (Å²) in [6.07, 6.45) is 6.77. The van der Waals surface area contributed by atoms with Gasteiger partial charge in [-0.1, -0.05) is 24.1 Å². The van der Waals surface area contributed by atoms with E-state index in [2.05, 4.69) is 31.2 Å². The van der Waals surface area contributed by atoms with E-state index in [1.54, 1.807) is 17.1 Å². The first-order valence-corrected chi connectivity index (χ1v) is 8.83. The molecular formula is C17H15BrF2N4O. The third-order valence-electron chi connectivity index (χ3n) is 4.70. The minimum absolute atomic E-state index is 0.334. The van der Waals surface area contributed by atoms with Gasteiger partial charge >= 0.3 is 0 Å². The molecule has 130 valence electrons. The van der Waals surface area contributed by atoms with Crippen LogP contribution < -0.4 is 0 Å². The lowest BCUT2D eigenvalue weighted by Gasteiger charge is -2.26. The SMILES string of the molecule is Fc1ccc(C2(c3noc(Cn4cc(Br)cn4)n3)CCCC2)c(F)c1. The van der Waals surface area contributed by atoms with Crippen molar-refractivity contribution in [3.05, 3.63) is 64.0 Å². The zero-order valence-electron chi connectivity index (χ0n) is 13.3. The number of hydrogen-bond acceptors (Lipinski definition) is 4. The summed E-state index contributed by atoms with van der Waals surface area (Å²) in [7, 11) is 0. The summed E-state index contributed by atoms with van der Waals surface area (Å²) in [5.41, 5.74) is -0.231. The fourth-order valence-corrected chi connectivity index (χ4v) is 3.87. The van der Waals surface area contributed by atoms with Gasteiger partial charge in [-0.2, -0.15) is 10.1 Å². The Hall–Kier alpha value is -2.09. The molecule has 0 aliphatic heterocycles. The fraction of sp³-hybridized carbons (Fsp3) is 0.353. The van der Waals surface area contributed by atoms with Crippen molar-refractivity contribution in [2.75, 3.05) is 0 Å². The average Bonchev–Trinajstić information content (AvgIpc) is 3.29. The molecule has 2 aromatic heterocycles. The zero-order valence-corrected chi connectivity index (χ0v) is 14.8. The van der Waals surface area contributed by atoms with Crippen LogP contribution in [0.15, 0.2) is 39.6 Å². The predicted octanol–water partition coefficient (Wildman–Crippen LogP) is 4.22. The Bertz CT molecular complexity index is 902. The van der Waals surface area contributed by atoms with Gasteiger partial charge in [-0.25, -0.2) is 8.78 Å². The van der Waals surface area contributed by atoms with Crippen LogP contribution in [0, 0.1) is 11.6 Å². The van der Waals surface area contributed by atoms with Crippen LogP contribution in [0.5, 0.6) is 0 Å². The van der Waals surface area contributed by atoms with Crippen LogP contribution in [0.2, 0.25) is 0 Å². The molecule has 0 radical (unpaired) electrons. The topological polar surface area (TPSA) is 56.7 Å². The Balaban J connectivity index is 1.70. The molecule has 1 aliphatic rings. The van der Waals surface area contributed by atoms with Gasteiger partial charge in [0, 0.05) is 17.8 Å². The van der Waals surface area contributed by atoms with Gasteiger partial charge in [0.05, 0.1) is 16.1 Å². The number of hydrogen-bond donors (Lipinski definition) is 0. The van der Waals surface area contributed by atoms with Crippen LogP contribution in [0.4, 0.5) is 8.78 Å². The molecule has 3 aromatic rings. The van der Waals surface area contributed by atoms with E-state index in [0.29, 0.717) is 36.7 Å². The van der Waals surface area contributed by atoms with Crippen LogP contribution in [-0.2, 0) is 12.0 Å².